The van der Waals surface area contributed by atoms with E-state index >= 15 is 0 Å². The van der Waals surface area contributed by atoms with Crippen molar-refractivity contribution in [1.29, 1.82) is 0 Å². The van der Waals surface area contributed by atoms with Crippen LogP contribution >= 0.6 is 7.68 Å². The molecule has 0 radical (unpaired) electrons. The van der Waals surface area contributed by atoms with Crippen molar-refractivity contribution >= 4 is 24.2 Å². The fourth-order valence-electron chi connectivity index (χ4n) is 3.64. The van der Waals surface area contributed by atoms with Crippen molar-refractivity contribution in [2.24, 2.45) is 0 Å². The van der Waals surface area contributed by atoms with Crippen LogP contribution in [0.2, 0.25) is 0 Å². The van der Waals surface area contributed by atoms with E-state index in [0.29, 0.717) is 0 Å². The molecule has 0 aliphatic carbocycles. The van der Waals surface area contributed by atoms with Gasteiger partial charge in [-0.3, -0.25) is 4.79 Å². The zero-order valence-corrected chi connectivity index (χ0v) is 18.0. The second kappa shape index (κ2) is 9.18. The van der Waals surface area contributed by atoms with Crippen LogP contribution in [0, 0.1) is 0 Å². The average Bonchev–Trinajstić information content (AvgIpc) is 2.79. The van der Waals surface area contributed by atoms with Gasteiger partial charge in [-0.1, -0.05) is 12.1 Å². The van der Waals surface area contributed by atoms with Crippen LogP contribution in [0.15, 0.2) is 45.6 Å². The highest BCUT2D eigenvalue weighted by atomic mass is 31.1. The second-order valence-electron chi connectivity index (χ2n) is 7.55. The number of fused-ring (bicyclic) bond motifs is 1. The zero-order chi connectivity index (χ0) is 24.7. The van der Waals surface area contributed by atoms with Gasteiger partial charge in [0.15, 0.2) is 0 Å². The molecule has 2 aromatic carbocycles. The van der Waals surface area contributed by atoms with Crippen molar-refractivity contribution in [3.05, 3.63) is 46.6 Å². The molecule has 0 spiro atoms. The van der Waals surface area contributed by atoms with Crippen LogP contribution < -0.4 is 15.7 Å². The number of aromatic hydroxyl groups is 2. The summed E-state index contributed by atoms with van der Waals surface area (Å²) in [6.45, 7) is -0.692. The first-order valence-corrected chi connectivity index (χ1v) is 11.0. The third-order valence-corrected chi connectivity index (χ3v) is 6.00. The number of hydrogen-bond donors (Lipinski definition) is 6. The van der Waals surface area contributed by atoms with Gasteiger partial charge < -0.3 is 44.5 Å². The molecule has 12 nitrogen and oxygen atoms in total. The van der Waals surface area contributed by atoms with Gasteiger partial charge in [0.1, 0.15) is 52.6 Å². The predicted octanol–water partition coefficient (Wildman–Crippen LogP) is -0.152. The molecule has 1 aromatic heterocycles. The summed E-state index contributed by atoms with van der Waals surface area (Å²) in [7, 11) is -3.40. The van der Waals surface area contributed by atoms with Gasteiger partial charge >= 0.3 is 7.68 Å². The van der Waals surface area contributed by atoms with Gasteiger partial charge in [-0.2, -0.15) is 0 Å². The molecule has 3 unspecified atom stereocenters. The lowest BCUT2D eigenvalue weighted by molar-refractivity contribution is -0.277. The summed E-state index contributed by atoms with van der Waals surface area (Å²) >= 11 is 0. The van der Waals surface area contributed by atoms with Crippen molar-refractivity contribution in [3.8, 4) is 28.4 Å². The molecule has 1 aliphatic rings. The maximum Gasteiger partial charge on any atom is 0.385 e. The van der Waals surface area contributed by atoms with Gasteiger partial charge in [0, 0.05) is 12.1 Å². The van der Waals surface area contributed by atoms with E-state index in [0.717, 1.165) is 12.1 Å². The Bertz CT molecular complexity index is 1340. The van der Waals surface area contributed by atoms with Crippen molar-refractivity contribution in [2.45, 2.75) is 30.7 Å². The molecule has 34 heavy (non-hydrogen) atoms. The normalized spacial score (nSPS) is 24.8. The lowest BCUT2D eigenvalue weighted by atomic mass is 9.99. The van der Waals surface area contributed by atoms with Gasteiger partial charge in [0.05, 0.1) is 12.2 Å². The van der Waals surface area contributed by atoms with E-state index < -0.39 is 61.7 Å². The Labute approximate surface area is 190 Å². The first-order chi connectivity index (χ1) is 16.1. The third kappa shape index (κ3) is 4.18. The molecule has 1 aliphatic heterocycles. The Morgan fingerprint density at radius 1 is 0.971 bits per heavy atom. The Balaban J connectivity index is 1.80. The molecule has 4 rings (SSSR count). The zero-order valence-electron chi connectivity index (χ0n) is 17.1. The number of rotatable bonds is 5. The minimum absolute atomic E-state index is 0.111. The van der Waals surface area contributed by atoms with E-state index in [1.165, 1.54) is 24.3 Å². The maximum atomic E-state index is 13.1. The monoisotopic (exact) mass is 494 g/mol. The van der Waals surface area contributed by atoms with Crippen LogP contribution in [-0.4, -0.2) is 68.0 Å². The number of ether oxygens (including phenoxy) is 2. The van der Waals surface area contributed by atoms with E-state index in [1.54, 1.807) is 0 Å². The van der Waals surface area contributed by atoms with Crippen molar-refractivity contribution in [3.63, 3.8) is 0 Å². The number of phenols is 2. The first kappa shape index (κ1) is 23.9. The SMILES string of the molecule is O=c1c(-c2ccc(O)cc2)c(P(=O)=O)oc2cc(O[C@@H]3OC(CO)[C@@H](O)C(O)C3O)cc(O)c12. The maximum absolute atomic E-state index is 13.1. The summed E-state index contributed by atoms with van der Waals surface area (Å²) in [5, 5.41) is 58.8. The lowest BCUT2D eigenvalue weighted by Gasteiger charge is -2.39. The molecular formula is C21H19O12P. The van der Waals surface area contributed by atoms with Crippen LogP contribution in [0.3, 0.4) is 0 Å². The molecule has 3 aromatic rings. The highest BCUT2D eigenvalue weighted by Crippen LogP contribution is 2.33. The molecule has 0 bridgehead atoms. The van der Waals surface area contributed by atoms with Gasteiger partial charge in [-0.15, -0.1) is 0 Å². The summed E-state index contributed by atoms with van der Waals surface area (Å²) < 4.78 is 39.8. The third-order valence-electron chi connectivity index (χ3n) is 5.35. The summed E-state index contributed by atoms with van der Waals surface area (Å²) in [5.74, 6) is -0.986. The van der Waals surface area contributed by atoms with Crippen LogP contribution in [0.5, 0.6) is 17.2 Å². The van der Waals surface area contributed by atoms with E-state index in [1.807, 2.05) is 0 Å². The fourth-order valence-corrected chi connectivity index (χ4v) is 4.23. The number of hydrogen-bond acceptors (Lipinski definition) is 12. The van der Waals surface area contributed by atoms with E-state index in [9.17, 15) is 44.6 Å². The molecule has 1 saturated heterocycles. The lowest BCUT2D eigenvalue weighted by Crippen LogP contribution is -2.60. The number of benzene rings is 2. The predicted molar refractivity (Wildman–Crippen MR) is 114 cm³/mol. The second-order valence-corrected chi connectivity index (χ2v) is 8.47. The highest BCUT2D eigenvalue weighted by molar-refractivity contribution is 7.40. The summed E-state index contributed by atoms with van der Waals surface area (Å²) in [6, 6.07) is 7.17. The summed E-state index contributed by atoms with van der Waals surface area (Å²) in [5.41, 5.74) is -2.13. The molecule has 0 amide bonds. The highest BCUT2D eigenvalue weighted by Gasteiger charge is 2.44. The Kier molecular flexibility index (Phi) is 6.45. The molecular weight excluding hydrogens is 475 g/mol. The minimum Gasteiger partial charge on any atom is -0.508 e. The van der Waals surface area contributed by atoms with Crippen LogP contribution in [0.4, 0.5) is 0 Å². The number of phenolic OH excluding ortho intramolecular Hbond substituents is 2. The van der Waals surface area contributed by atoms with Crippen molar-refractivity contribution in [2.75, 3.05) is 6.61 Å². The largest absolute Gasteiger partial charge is 0.508 e. The topological polar surface area (TPSA) is 204 Å². The van der Waals surface area contributed by atoms with Crippen molar-refractivity contribution < 1.29 is 53.7 Å². The summed E-state index contributed by atoms with van der Waals surface area (Å²) in [4.78, 5) is 13.1. The Hall–Kier alpha value is -3.25. The van der Waals surface area contributed by atoms with Crippen LogP contribution in [0.1, 0.15) is 0 Å². The van der Waals surface area contributed by atoms with Gasteiger partial charge in [0.25, 0.3) is 0 Å². The van der Waals surface area contributed by atoms with Crippen molar-refractivity contribution in [1.82, 2.24) is 0 Å². The molecule has 6 N–H and O–H groups in total. The minimum atomic E-state index is -3.40. The molecule has 2 heterocycles. The Morgan fingerprint density at radius 2 is 1.65 bits per heavy atom. The Morgan fingerprint density at radius 3 is 2.26 bits per heavy atom. The van der Waals surface area contributed by atoms with Crippen LogP contribution in [-0.2, 0) is 13.9 Å². The summed E-state index contributed by atoms with van der Waals surface area (Å²) in [6.07, 6.45) is -7.92. The smallest absolute Gasteiger partial charge is 0.385 e. The molecule has 0 saturated carbocycles. The quantitative estimate of drug-likeness (QED) is 0.256. The van der Waals surface area contributed by atoms with E-state index in [4.69, 9.17) is 13.9 Å². The number of aliphatic hydroxyl groups excluding tert-OH is 4. The average molecular weight is 494 g/mol. The van der Waals surface area contributed by atoms with Gasteiger partial charge in [0.2, 0.25) is 17.2 Å². The van der Waals surface area contributed by atoms with E-state index in [2.05, 4.69) is 0 Å². The molecule has 13 heteroatoms. The van der Waals surface area contributed by atoms with Gasteiger partial charge in [-0.25, -0.2) is 9.13 Å². The number of aliphatic hydroxyl groups is 4. The fraction of sp³-hybridized carbons (Fsp3) is 0.286. The first-order valence-electron chi connectivity index (χ1n) is 9.87. The van der Waals surface area contributed by atoms with Gasteiger partial charge in [-0.05, 0) is 17.7 Å². The van der Waals surface area contributed by atoms with Crippen LogP contribution in [0.25, 0.3) is 22.1 Å². The molecule has 5 atom stereocenters. The molecule has 180 valence electrons. The van der Waals surface area contributed by atoms with E-state index in [-0.39, 0.29) is 33.6 Å². The standard InChI is InChI=1S/C21H19O12P/c22-7-13-16(25)18(27)19(28)20(32-13)31-10-5-11(24)15-12(6-10)33-21(34(29)30)14(17(15)26)8-1-3-9(23)4-2-8/h1-6,13,16,18-20,22-25,27-28H,7H2/t13?,16-,18?,19?,20-/m1/s1. The molecule has 1 fully saturated rings.